The molecule has 22 heavy (non-hydrogen) atoms. The number of methoxy groups -OCH3 is 1. The Balaban J connectivity index is 1.96. The van der Waals surface area contributed by atoms with Crippen LogP contribution in [0, 0.1) is 0 Å². The number of rotatable bonds is 3. The van der Waals surface area contributed by atoms with Crippen LogP contribution in [-0.4, -0.2) is 23.4 Å². The summed E-state index contributed by atoms with van der Waals surface area (Å²) in [6, 6.07) is 11.1. The Morgan fingerprint density at radius 2 is 1.91 bits per heavy atom. The molecule has 0 bridgehead atoms. The van der Waals surface area contributed by atoms with Crippen molar-refractivity contribution in [2.45, 2.75) is 31.7 Å². The third-order valence-corrected chi connectivity index (χ3v) is 4.21. The maximum Gasteiger partial charge on any atom is 0.314 e. The van der Waals surface area contributed by atoms with E-state index in [1.54, 1.807) is 0 Å². The van der Waals surface area contributed by atoms with Gasteiger partial charge in [0.2, 0.25) is 0 Å². The van der Waals surface area contributed by atoms with Gasteiger partial charge < -0.3 is 9.30 Å². The molecule has 3 rings (SSSR count). The summed E-state index contributed by atoms with van der Waals surface area (Å²) < 4.78 is 6.95. The van der Waals surface area contributed by atoms with Gasteiger partial charge in [0.15, 0.2) is 5.78 Å². The number of benzene rings is 1. The van der Waals surface area contributed by atoms with Crippen LogP contribution < -0.4 is 0 Å². The number of esters is 1. The minimum atomic E-state index is -0.273. The first-order valence-corrected chi connectivity index (χ1v) is 7.58. The summed E-state index contributed by atoms with van der Waals surface area (Å²) in [5, 5.41) is 0. The maximum absolute atomic E-state index is 12.6. The quantitative estimate of drug-likeness (QED) is 0.646. The third kappa shape index (κ3) is 2.69. The number of nitrogens with zero attached hydrogens (tertiary/aromatic N) is 1. The minimum absolute atomic E-state index is 0.00945. The van der Waals surface area contributed by atoms with E-state index in [9.17, 15) is 9.59 Å². The van der Waals surface area contributed by atoms with Crippen molar-refractivity contribution in [3.63, 3.8) is 0 Å². The second kappa shape index (κ2) is 6.18. The normalized spacial score (nSPS) is 17.4. The summed E-state index contributed by atoms with van der Waals surface area (Å²) in [6.07, 6.45) is 4.64. The molecular weight excluding hydrogens is 278 g/mol. The van der Waals surface area contributed by atoms with E-state index < -0.39 is 0 Å². The van der Waals surface area contributed by atoms with Gasteiger partial charge in [-0.1, -0.05) is 36.8 Å². The average molecular weight is 297 g/mol. The Labute approximate surface area is 129 Å². The number of ketones is 1. The van der Waals surface area contributed by atoms with Gasteiger partial charge in [-0.3, -0.25) is 9.59 Å². The number of aryl methyl sites for hydroxylation is 1. The molecule has 1 aromatic carbocycles. The summed E-state index contributed by atoms with van der Waals surface area (Å²) in [6.45, 7) is 0.838. The lowest BCUT2D eigenvalue weighted by molar-refractivity contribution is -0.142. The predicted molar refractivity (Wildman–Crippen MR) is 82.9 cm³/mol. The van der Waals surface area contributed by atoms with Crippen LogP contribution in [0.1, 0.15) is 46.8 Å². The zero-order valence-electron chi connectivity index (χ0n) is 12.6. The van der Waals surface area contributed by atoms with Gasteiger partial charge in [-0.15, -0.1) is 0 Å². The van der Waals surface area contributed by atoms with E-state index in [0.29, 0.717) is 11.1 Å². The van der Waals surface area contributed by atoms with E-state index in [0.717, 1.165) is 31.5 Å². The molecule has 4 nitrogen and oxygen atoms in total. The summed E-state index contributed by atoms with van der Waals surface area (Å²) in [5.74, 6) is -0.505. The summed E-state index contributed by atoms with van der Waals surface area (Å²) >= 11 is 0. The van der Waals surface area contributed by atoms with Crippen molar-refractivity contribution < 1.29 is 14.3 Å². The van der Waals surface area contributed by atoms with E-state index in [4.69, 9.17) is 4.74 Å². The molecule has 0 spiro atoms. The first-order chi connectivity index (χ1) is 10.7. The highest BCUT2D eigenvalue weighted by Gasteiger charge is 2.28. The Kier molecular flexibility index (Phi) is 4.09. The summed E-state index contributed by atoms with van der Waals surface area (Å²) in [7, 11) is 1.41. The molecule has 0 fully saturated rings. The standard InChI is InChI=1S/C18H19NO3/c1-22-18(21)15-9-5-6-10-19-12-14(11-16(15)19)17(20)13-7-3-2-4-8-13/h2-4,7-8,11-12,15H,5-6,9-10H2,1H3. The van der Waals surface area contributed by atoms with E-state index in [-0.39, 0.29) is 17.7 Å². The molecule has 0 aliphatic carbocycles. The monoisotopic (exact) mass is 297 g/mol. The Morgan fingerprint density at radius 3 is 2.64 bits per heavy atom. The first-order valence-electron chi connectivity index (χ1n) is 7.58. The maximum atomic E-state index is 12.6. The molecule has 1 unspecified atom stereocenters. The van der Waals surface area contributed by atoms with Gasteiger partial charge in [-0.05, 0) is 18.9 Å². The van der Waals surface area contributed by atoms with Gasteiger partial charge in [0, 0.05) is 29.6 Å². The van der Waals surface area contributed by atoms with Gasteiger partial charge in [0.25, 0.3) is 0 Å². The van der Waals surface area contributed by atoms with E-state index >= 15 is 0 Å². The molecule has 1 atom stereocenters. The fourth-order valence-electron chi connectivity index (χ4n) is 3.06. The fourth-order valence-corrected chi connectivity index (χ4v) is 3.06. The smallest absolute Gasteiger partial charge is 0.314 e. The van der Waals surface area contributed by atoms with E-state index in [1.165, 1.54) is 7.11 Å². The average Bonchev–Trinajstić information content (AvgIpc) is 2.88. The second-order valence-corrected chi connectivity index (χ2v) is 5.61. The Morgan fingerprint density at radius 1 is 1.14 bits per heavy atom. The zero-order chi connectivity index (χ0) is 15.5. The van der Waals surface area contributed by atoms with Gasteiger partial charge in [0.1, 0.15) is 0 Å². The van der Waals surface area contributed by atoms with Crippen molar-refractivity contribution in [1.82, 2.24) is 4.57 Å². The van der Waals surface area contributed by atoms with Crippen molar-refractivity contribution in [2.75, 3.05) is 7.11 Å². The fraction of sp³-hybridized carbons (Fsp3) is 0.333. The molecule has 2 aromatic rings. The van der Waals surface area contributed by atoms with Gasteiger partial charge in [-0.2, -0.15) is 0 Å². The topological polar surface area (TPSA) is 48.3 Å². The molecule has 0 N–H and O–H groups in total. The molecule has 1 aliphatic rings. The zero-order valence-corrected chi connectivity index (χ0v) is 12.6. The number of hydrogen-bond acceptors (Lipinski definition) is 3. The number of fused-ring (bicyclic) bond motifs is 1. The lowest BCUT2D eigenvalue weighted by atomic mass is 9.98. The number of hydrogen-bond donors (Lipinski definition) is 0. The molecule has 0 radical (unpaired) electrons. The molecule has 1 aliphatic heterocycles. The van der Waals surface area contributed by atoms with Crippen LogP contribution in [0.4, 0.5) is 0 Å². The third-order valence-electron chi connectivity index (χ3n) is 4.21. The van der Waals surface area contributed by atoms with Crippen LogP contribution in [-0.2, 0) is 16.1 Å². The molecular formula is C18H19NO3. The van der Waals surface area contributed by atoms with Crippen molar-refractivity contribution in [3.05, 3.63) is 59.4 Å². The van der Waals surface area contributed by atoms with Crippen LogP contribution in [0.2, 0.25) is 0 Å². The largest absolute Gasteiger partial charge is 0.469 e. The first kappa shape index (κ1) is 14.6. The highest BCUT2D eigenvalue weighted by Crippen LogP contribution is 2.30. The van der Waals surface area contributed by atoms with Crippen molar-refractivity contribution in [2.24, 2.45) is 0 Å². The number of aromatic nitrogens is 1. The lowest BCUT2D eigenvalue weighted by Crippen LogP contribution is -2.15. The van der Waals surface area contributed by atoms with Crippen LogP contribution in [0.25, 0.3) is 0 Å². The predicted octanol–water partition coefficient (Wildman–Crippen LogP) is 3.16. The highest BCUT2D eigenvalue weighted by atomic mass is 16.5. The Hall–Kier alpha value is -2.36. The second-order valence-electron chi connectivity index (χ2n) is 5.61. The number of carbonyl (C=O) groups excluding carboxylic acids is 2. The SMILES string of the molecule is COC(=O)C1CCCCn2cc(C(=O)c3ccccc3)cc21. The number of carbonyl (C=O) groups is 2. The molecule has 0 saturated carbocycles. The van der Waals surface area contributed by atoms with Crippen LogP contribution >= 0.6 is 0 Å². The molecule has 1 aromatic heterocycles. The van der Waals surface area contributed by atoms with Crippen LogP contribution in [0.5, 0.6) is 0 Å². The van der Waals surface area contributed by atoms with Crippen molar-refractivity contribution >= 4 is 11.8 Å². The van der Waals surface area contributed by atoms with Gasteiger partial charge >= 0.3 is 5.97 Å². The molecule has 0 saturated heterocycles. The van der Waals surface area contributed by atoms with Gasteiger partial charge in [0.05, 0.1) is 13.0 Å². The van der Waals surface area contributed by atoms with Gasteiger partial charge in [-0.25, -0.2) is 0 Å². The van der Waals surface area contributed by atoms with E-state index in [2.05, 4.69) is 0 Å². The molecule has 2 heterocycles. The molecule has 114 valence electrons. The summed E-state index contributed by atoms with van der Waals surface area (Å²) in [4.78, 5) is 24.6. The van der Waals surface area contributed by atoms with Crippen LogP contribution in [0.3, 0.4) is 0 Å². The lowest BCUT2D eigenvalue weighted by Gasteiger charge is -2.12. The summed E-state index contributed by atoms with van der Waals surface area (Å²) in [5.41, 5.74) is 2.19. The molecule has 0 amide bonds. The van der Waals surface area contributed by atoms with Crippen molar-refractivity contribution in [1.29, 1.82) is 0 Å². The highest BCUT2D eigenvalue weighted by molar-refractivity contribution is 6.09. The van der Waals surface area contributed by atoms with E-state index in [1.807, 2.05) is 47.2 Å². The van der Waals surface area contributed by atoms with Crippen molar-refractivity contribution in [3.8, 4) is 0 Å². The Bertz CT molecular complexity index is 688. The molecule has 4 heteroatoms. The van der Waals surface area contributed by atoms with Crippen LogP contribution in [0.15, 0.2) is 42.6 Å². The minimum Gasteiger partial charge on any atom is -0.469 e. The number of ether oxygens (including phenoxy) is 1.